The Labute approximate surface area is 225 Å². The largest absolute Gasteiger partial charge is 0.350 e. The molecule has 38 heavy (non-hydrogen) atoms. The maximum atomic E-state index is 13.9. The van der Waals surface area contributed by atoms with Crippen molar-refractivity contribution < 1.29 is 14.3 Å². The lowest BCUT2D eigenvalue weighted by atomic mass is 9.89. The summed E-state index contributed by atoms with van der Waals surface area (Å²) < 4.78 is 12.8. The van der Waals surface area contributed by atoms with Crippen LogP contribution in [0.4, 0.5) is 0 Å². The summed E-state index contributed by atoms with van der Waals surface area (Å²) in [6.45, 7) is 2.96. The number of rotatable bonds is 8. The van der Waals surface area contributed by atoms with E-state index in [0.29, 0.717) is 43.2 Å². The predicted molar refractivity (Wildman–Crippen MR) is 146 cm³/mol. The number of hydrogen-bond acceptors (Lipinski definition) is 6. The van der Waals surface area contributed by atoms with Crippen LogP contribution in [0.5, 0.6) is 0 Å². The Hall–Kier alpha value is -2.29. The van der Waals surface area contributed by atoms with E-state index in [9.17, 15) is 9.59 Å². The number of nitrogens with one attached hydrogen (secondary N) is 1. The van der Waals surface area contributed by atoms with Crippen LogP contribution in [-0.2, 0) is 9.47 Å². The Kier molecular flexibility index (Phi) is 7.82. The second-order valence-electron chi connectivity index (χ2n) is 11.6. The SMILES string of the molecule is CCOC1OC1CCNC(=O)c1nc2ccccc2n([C@H]2C[C@H]3CC[C@@H](C2)N3C2CCCCCCC2)c1=O. The second-order valence-corrected chi connectivity index (χ2v) is 11.6. The van der Waals surface area contributed by atoms with Crippen LogP contribution < -0.4 is 10.9 Å². The lowest BCUT2D eigenvalue weighted by Crippen LogP contribution is -2.50. The number of fused-ring (bicyclic) bond motifs is 3. The molecule has 1 N–H and O–H groups in total. The van der Waals surface area contributed by atoms with Gasteiger partial charge in [-0.2, -0.15) is 0 Å². The van der Waals surface area contributed by atoms with Crippen molar-refractivity contribution in [3.8, 4) is 0 Å². The molecular formula is C30H42N4O4. The molecule has 4 aliphatic rings. The van der Waals surface area contributed by atoms with Crippen molar-refractivity contribution in [2.24, 2.45) is 0 Å². The molecule has 1 aromatic heterocycles. The fourth-order valence-electron chi connectivity index (χ4n) is 7.44. The van der Waals surface area contributed by atoms with Crippen molar-refractivity contribution >= 4 is 16.9 Å². The molecule has 206 valence electrons. The van der Waals surface area contributed by atoms with Crippen LogP contribution in [0, 0.1) is 0 Å². The van der Waals surface area contributed by atoms with Crippen LogP contribution in [0.1, 0.15) is 101 Å². The van der Waals surface area contributed by atoms with Crippen LogP contribution in [0.3, 0.4) is 0 Å². The molecule has 1 aromatic carbocycles. The summed E-state index contributed by atoms with van der Waals surface area (Å²) in [5.41, 5.74) is 1.27. The highest BCUT2D eigenvalue weighted by atomic mass is 16.8. The molecule has 8 nitrogen and oxygen atoms in total. The van der Waals surface area contributed by atoms with Crippen molar-refractivity contribution in [3.05, 3.63) is 40.3 Å². The highest BCUT2D eigenvalue weighted by molar-refractivity contribution is 5.93. The number of epoxide rings is 1. The zero-order valence-electron chi connectivity index (χ0n) is 22.6. The van der Waals surface area contributed by atoms with Gasteiger partial charge in [0.25, 0.3) is 11.5 Å². The molecule has 6 rings (SSSR count). The number of carbonyl (C=O) groups excluding carboxylic acids is 1. The quantitative estimate of drug-likeness (QED) is 0.512. The first-order valence-electron chi connectivity index (χ1n) is 15.0. The van der Waals surface area contributed by atoms with Crippen molar-refractivity contribution in [2.45, 2.75) is 121 Å². The normalized spacial score (nSPS) is 30.2. The molecule has 0 spiro atoms. The van der Waals surface area contributed by atoms with Crippen LogP contribution in [0.2, 0.25) is 0 Å². The van der Waals surface area contributed by atoms with Gasteiger partial charge in [-0.15, -0.1) is 0 Å². The number of hydrogen-bond donors (Lipinski definition) is 1. The number of nitrogens with zero attached hydrogens (tertiary/aromatic N) is 3. The minimum Gasteiger partial charge on any atom is -0.350 e. The van der Waals surface area contributed by atoms with E-state index in [2.05, 4.69) is 15.2 Å². The van der Waals surface area contributed by atoms with Gasteiger partial charge in [0.1, 0.15) is 6.10 Å². The maximum absolute atomic E-state index is 13.9. The zero-order valence-corrected chi connectivity index (χ0v) is 22.6. The van der Waals surface area contributed by atoms with Gasteiger partial charge in [0.15, 0.2) is 12.0 Å². The molecule has 1 aliphatic carbocycles. The summed E-state index contributed by atoms with van der Waals surface area (Å²) in [4.78, 5) is 34.4. The van der Waals surface area contributed by atoms with E-state index < -0.39 is 5.91 Å². The lowest BCUT2D eigenvalue weighted by molar-refractivity contribution is 0.0497. The standard InChI is InChI=1S/C30H42N4O4/c1-2-37-30-26(38-30)16-17-31-28(35)27-29(36)34(25-13-9-8-12-24(25)32-27)23-18-21-14-15-22(19-23)33(21)20-10-6-4-3-5-7-11-20/h8-9,12-13,20-23,26,30H,2-7,10-11,14-19H2,1H3,(H,31,35)/t21-,22+,23+,26?,30?. The lowest BCUT2D eigenvalue weighted by Gasteiger charge is -2.45. The molecule has 1 amide bonds. The summed E-state index contributed by atoms with van der Waals surface area (Å²) >= 11 is 0. The minimum absolute atomic E-state index is 0.00318. The van der Waals surface area contributed by atoms with E-state index in [-0.39, 0.29) is 29.7 Å². The van der Waals surface area contributed by atoms with E-state index >= 15 is 0 Å². The van der Waals surface area contributed by atoms with Gasteiger partial charge in [0.2, 0.25) is 0 Å². The molecule has 0 radical (unpaired) electrons. The fourth-order valence-corrected chi connectivity index (χ4v) is 7.44. The Morgan fingerprint density at radius 3 is 2.45 bits per heavy atom. The van der Waals surface area contributed by atoms with Crippen LogP contribution in [-0.4, -0.2) is 64.0 Å². The van der Waals surface area contributed by atoms with Crippen LogP contribution in [0.25, 0.3) is 11.0 Å². The number of benzene rings is 1. The average molecular weight is 523 g/mol. The number of ether oxygens (including phenoxy) is 2. The van der Waals surface area contributed by atoms with Crippen molar-refractivity contribution in [1.82, 2.24) is 19.8 Å². The predicted octanol–water partition coefficient (Wildman–Crippen LogP) is 4.56. The molecule has 8 heteroatoms. The Morgan fingerprint density at radius 1 is 1.00 bits per heavy atom. The number of aromatic nitrogens is 2. The zero-order chi connectivity index (χ0) is 26.1. The number of piperidine rings is 1. The number of amides is 1. The monoisotopic (exact) mass is 522 g/mol. The minimum atomic E-state index is -0.405. The van der Waals surface area contributed by atoms with Gasteiger partial charge in [-0.1, -0.05) is 44.2 Å². The summed E-state index contributed by atoms with van der Waals surface area (Å²) in [5, 5.41) is 2.90. The molecule has 1 saturated carbocycles. The van der Waals surface area contributed by atoms with Gasteiger partial charge >= 0.3 is 0 Å². The van der Waals surface area contributed by atoms with E-state index in [1.54, 1.807) is 0 Å². The van der Waals surface area contributed by atoms with Crippen molar-refractivity contribution in [2.75, 3.05) is 13.2 Å². The highest BCUT2D eigenvalue weighted by Gasteiger charge is 2.45. The molecule has 2 aromatic rings. The number of carbonyl (C=O) groups is 1. The Morgan fingerprint density at radius 2 is 1.71 bits per heavy atom. The van der Waals surface area contributed by atoms with Crippen molar-refractivity contribution in [3.63, 3.8) is 0 Å². The van der Waals surface area contributed by atoms with Gasteiger partial charge < -0.3 is 19.4 Å². The smallest absolute Gasteiger partial charge is 0.282 e. The topological polar surface area (TPSA) is 89.0 Å². The van der Waals surface area contributed by atoms with Crippen LogP contribution in [0.15, 0.2) is 29.1 Å². The van der Waals surface area contributed by atoms with E-state index in [1.807, 2.05) is 35.8 Å². The first-order valence-corrected chi connectivity index (χ1v) is 15.0. The van der Waals surface area contributed by atoms with Gasteiger partial charge in [0.05, 0.1) is 11.0 Å². The molecule has 4 heterocycles. The summed E-state index contributed by atoms with van der Waals surface area (Å²) in [7, 11) is 0. The van der Waals surface area contributed by atoms with Gasteiger partial charge in [-0.25, -0.2) is 4.98 Å². The average Bonchev–Trinajstić information content (AvgIpc) is 3.58. The maximum Gasteiger partial charge on any atom is 0.282 e. The second kappa shape index (κ2) is 11.4. The molecule has 4 fully saturated rings. The number of para-hydroxylation sites is 2. The molecule has 2 unspecified atom stereocenters. The third-order valence-electron chi connectivity index (χ3n) is 9.22. The Balaban J connectivity index is 1.21. The highest BCUT2D eigenvalue weighted by Crippen LogP contribution is 2.44. The summed E-state index contributed by atoms with van der Waals surface area (Å²) in [5.74, 6) is -0.405. The summed E-state index contributed by atoms with van der Waals surface area (Å²) in [6, 6.07) is 9.60. The molecule has 3 aliphatic heterocycles. The van der Waals surface area contributed by atoms with Crippen molar-refractivity contribution in [1.29, 1.82) is 0 Å². The third-order valence-corrected chi connectivity index (χ3v) is 9.22. The van der Waals surface area contributed by atoms with E-state index in [0.717, 1.165) is 18.4 Å². The van der Waals surface area contributed by atoms with Gasteiger partial charge in [0, 0.05) is 37.3 Å². The third kappa shape index (κ3) is 5.27. The van der Waals surface area contributed by atoms with Gasteiger partial charge in [-0.05, 0) is 64.0 Å². The van der Waals surface area contributed by atoms with E-state index in [1.165, 1.54) is 57.8 Å². The first kappa shape index (κ1) is 26.0. The first-order chi connectivity index (χ1) is 18.6. The fraction of sp³-hybridized carbons (Fsp3) is 0.700. The van der Waals surface area contributed by atoms with Gasteiger partial charge in [-0.3, -0.25) is 14.5 Å². The van der Waals surface area contributed by atoms with Crippen LogP contribution >= 0.6 is 0 Å². The Bertz CT molecular complexity index is 1180. The summed E-state index contributed by atoms with van der Waals surface area (Å²) in [6.07, 6.45) is 14.3. The molecule has 2 bridgehead atoms. The molecule has 5 atom stereocenters. The van der Waals surface area contributed by atoms with E-state index in [4.69, 9.17) is 9.47 Å². The molecular weight excluding hydrogens is 480 g/mol. The molecule has 3 saturated heterocycles.